The second kappa shape index (κ2) is 11.1. The van der Waals surface area contributed by atoms with E-state index in [1.807, 2.05) is 6.92 Å². The standard InChI is InChI=1S/C16H32N4O.HI/c1-5-9-16(4)10-8-11-20(13-16)15(18-7-3)19-12-14(21)17-6-2;/h5-13H2,1-4H3,(H,17,21)(H,18,19);1H. The number of aliphatic imine (C=N–C) groups is 1. The largest absolute Gasteiger partial charge is 0.357 e. The highest BCUT2D eigenvalue weighted by atomic mass is 127. The summed E-state index contributed by atoms with van der Waals surface area (Å²) in [6.07, 6.45) is 4.95. The molecule has 1 fully saturated rings. The van der Waals surface area contributed by atoms with Crippen LogP contribution in [-0.4, -0.2) is 49.5 Å². The van der Waals surface area contributed by atoms with E-state index in [1.165, 1.54) is 25.7 Å². The molecule has 0 aromatic heterocycles. The van der Waals surface area contributed by atoms with E-state index in [2.05, 4.69) is 41.3 Å². The van der Waals surface area contributed by atoms with Crippen molar-refractivity contribution in [3.8, 4) is 0 Å². The van der Waals surface area contributed by atoms with Crippen LogP contribution in [-0.2, 0) is 4.79 Å². The van der Waals surface area contributed by atoms with Gasteiger partial charge >= 0.3 is 0 Å². The molecule has 0 saturated carbocycles. The fourth-order valence-electron chi connectivity index (χ4n) is 3.13. The number of rotatable bonds is 6. The minimum Gasteiger partial charge on any atom is -0.357 e. The fraction of sp³-hybridized carbons (Fsp3) is 0.875. The Hall–Kier alpha value is -0.530. The number of likely N-dealkylation sites (tertiary alicyclic amines) is 1. The smallest absolute Gasteiger partial charge is 0.241 e. The molecule has 130 valence electrons. The molecule has 0 spiro atoms. The molecule has 5 nitrogen and oxygen atoms in total. The Kier molecular flexibility index (Phi) is 10.8. The molecule has 2 N–H and O–H groups in total. The second-order valence-electron chi connectivity index (χ2n) is 6.21. The van der Waals surface area contributed by atoms with Gasteiger partial charge in [0.2, 0.25) is 5.91 Å². The van der Waals surface area contributed by atoms with E-state index in [0.29, 0.717) is 12.0 Å². The Morgan fingerprint density at radius 2 is 1.91 bits per heavy atom. The number of nitrogens with zero attached hydrogens (tertiary/aromatic N) is 2. The van der Waals surface area contributed by atoms with Gasteiger partial charge in [0.05, 0.1) is 0 Å². The van der Waals surface area contributed by atoms with Crippen molar-refractivity contribution in [2.75, 3.05) is 32.7 Å². The molecule has 1 heterocycles. The van der Waals surface area contributed by atoms with Gasteiger partial charge in [-0.15, -0.1) is 24.0 Å². The van der Waals surface area contributed by atoms with Gasteiger partial charge in [-0.3, -0.25) is 4.79 Å². The summed E-state index contributed by atoms with van der Waals surface area (Å²) in [7, 11) is 0. The summed E-state index contributed by atoms with van der Waals surface area (Å²) in [5.74, 6) is 0.868. The first-order valence-corrected chi connectivity index (χ1v) is 8.34. The lowest BCUT2D eigenvalue weighted by atomic mass is 9.78. The van der Waals surface area contributed by atoms with Gasteiger partial charge in [-0.2, -0.15) is 0 Å². The Morgan fingerprint density at radius 3 is 2.50 bits per heavy atom. The van der Waals surface area contributed by atoms with Gasteiger partial charge < -0.3 is 15.5 Å². The van der Waals surface area contributed by atoms with Crippen LogP contribution in [0.15, 0.2) is 4.99 Å². The van der Waals surface area contributed by atoms with Crippen LogP contribution in [0, 0.1) is 5.41 Å². The Labute approximate surface area is 152 Å². The molecule has 6 heteroatoms. The van der Waals surface area contributed by atoms with Gasteiger partial charge in [0.25, 0.3) is 0 Å². The number of nitrogens with one attached hydrogen (secondary N) is 2. The molecule has 1 unspecified atom stereocenters. The van der Waals surface area contributed by atoms with Crippen LogP contribution in [0.25, 0.3) is 0 Å². The summed E-state index contributed by atoms with van der Waals surface area (Å²) in [5.41, 5.74) is 0.370. The first-order valence-electron chi connectivity index (χ1n) is 8.34. The van der Waals surface area contributed by atoms with Crippen molar-refractivity contribution in [3.63, 3.8) is 0 Å². The SMILES string of the molecule is CCCC1(C)CCCN(C(=NCC(=O)NCC)NCC)C1.I. The predicted molar refractivity (Wildman–Crippen MR) is 104 cm³/mol. The summed E-state index contributed by atoms with van der Waals surface area (Å²) in [6.45, 7) is 12.4. The summed E-state index contributed by atoms with van der Waals surface area (Å²) < 4.78 is 0. The van der Waals surface area contributed by atoms with E-state index in [9.17, 15) is 4.79 Å². The van der Waals surface area contributed by atoms with Crippen LogP contribution >= 0.6 is 24.0 Å². The van der Waals surface area contributed by atoms with Crippen molar-refractivity contribution in [1.29, 1.82) is 0 Å². The summed E-state index contributed by atoms with van der Waals surface area (Å²) in [5, 5.41) is 6.12. The number of piperidine rings is 1. The topological polar surface area (TPSA) is 56.7 Å². The molecule has 0 aromatic carbocycles. The molecular formula is C16H33IN4O. The van der Waals surface area contributed by atoms with Crippen LogP contribution in [0.3, 0.4) is 0 Å². The van der Waals surface area contributed by atoms with E-state index in [4.69, 9.17) is 0 Å². The van der Waals surface area contributed by atoms with Crippen LogP contribution in [0.2, 0.25) is 0 Å². The molecule has 0 aliphatic carbocycles. The summed E-state index contributed by atoms with van der Waals surface area (Å²) >= 11 is 0. The average molecular weight is 424 g/mol. The van der Waals surface area contributed by atoms with Crippen LogP contribution in [0.5, 0.6) is 0 Å². The van der Waals surface area contributed by atoms with Gasteiger partial charge in [-0.1, -0.05) is 20.3 Å². The van der Waals surface area contributed by atoms with E-state index >= 15 is 0 Å². The van der Waals surface area contributed by atoms with Crippen LogP contribution in [0.1, 0.15) is 53.4 Å². The third-order valence-corrected chi connectivity index (χ3v) is 4.02. The van der Waals surface area contributed by atoms with Crippen LogP contribution < -0.4 is 10.6 Å². The lowest BCUT2D eigenvalue weighted by molar-refractivity contribution is -0.119. The number of likely N-dealkylation sites (N-methyl/N-ethyl adjacent to an activating group) is 1. The number of carbonyl (C=O) groups excluding carboxylic acids is 1. The highest BCUT2D eigenvalue weighted by Gasteiger charge is 2.31. The van der Waals surface area contributed by atoms with Gasteiger partial charge in [0.15, 0.2) is 5.96 Å². The van der Waals surface area contributed by atoms with Crippen molar-refractivity contribution in [3.05, 3.63) is 0 Å². The average Bonchev–Trinajstić information content (AvgIpc) is 2.43. The maximum atomic E-state index is 11.6. The lowest BCUT2D eigenvalue weighted by Crippen LogP contribution is -2.50. The number of hydrogen-bond acceptors (Lipinski definition) is 2. The predicted octanol–water partition coefficient (Wildman–Crippen LogP) is 2.61. The van der Waals surface area contributed by atoms with Crippen molar-refractivity contribution >= 4 is 35.8 Å². The van der Waals surface area contributed by atoms with Gasteiger partial charge in [0.1, 0.15) is 6.54 Å². The molecule has 22 heavy (non-hydrogen) atoms. The molecule has 1 rings (SSSR count). The molecule has 0 bridgehead atoms. The second-order valence-corrected chi connectivity index (χ2v) is 6.21. The monoisotopic (exact) mass is 424 g/mol. The van der Waals surface area contributed by atoms with Gasteiger partial charge in [-0.25, -0.2) is 4.99 Å². The van der Waals surface area contributed by atoms with E-state index in [0.717, 1.165) is 25.6 Å². The zero-order chi connectivity index (χ0) is 15.7. The highest BCUT2D eigenvalue weighted by molar-refractivity contribution is 14.0. The lowest BCUT2D eigenvalue weighted by Gasteiger charge is -2.42. The van der Waals surface area contributed by atoms with Crippen molar-refractivity contribution in [2.45, 2.75) is 53.4 Å². The van der Waals surface area contributed by atoms with Crippen molar-refractivity contribution in [1.82, 2.24) is 15.5 Å². The maximum absolute atomic E-state index is 11.6. The van der Waals surface area contributed by atoms with Gasteiger partial charge in [-0.05, 0) is 38.5 Å². The number of halogens is 1. The number of carbonyl (C=O) groups is 1. The number of guanidine groups is 1. The Balaban J connectivity index is 0.00000441. The molecule has 1 saturated heterocycles. The Bertz CT molecular complexity index is 358. The minimum absolute atomic E-state index is 0. The molecule has 1 aliphatic heterocycles. The molecule has 0 aromatic rings. The maximum Gasteiger partial charge on any atom is 0.241 e. The normalized spacial score (nSPS) is 22.0. The van der Waals surface area contributed by atoms with Gasteiger partial charge in [0, 0.05) is 26.2 Å². The first kappa shape index (κ1) is 21.5. The zero-order valence-electron chi connectivity index (χ0n) is 14.6. The van der Waals surface area contributed by atoms with E-state index in [1.54, 1.807) is 0 Å². The molecule has 1 aliphatic rings. The van der Waals surface area contributed by atoms with Crippen LogP contribution in [0.4, 0.5) is 0 Å². The zero-order valence-corrected chi connectivity index (χ0v) is 16.9. The summed E-state index contributed by atoms with van der Waals surface area (Å²) in [4.78, 5) is 18.4. The molecule has 1 amide bonds. The summed E-state index contributed by atoms with van der Waals surface area (Å²) in [6, 6.07) is 0. The first-order chi connectivity index (χ1) is 10.0. The number of hydrogen-bond donors (Lipinski definition) is 2. The minimum atomic E-state index is -0.0127. The third-order valence-electron chi connectivity index (χ3n) is 4.02. The van der Waals surface area contributed by atoms with E-state index < -0.39 is 0 Å². The van der Waals surface area contributed by atoms with Crippen molar-refractivity contribution < 1.29 is 4.79 Å². The Morgan fingerprint density at radius 1 is 1.23 bits per heavy atom. The molecule has 0 radical (unpaired) electrons. The number of amides is 1. The van der Waals surface area contributed by atoms with E-state index in [-0.39, 0.29) is 36.4 Å². The third kappa shape index (κ3) is 7.15. The highest BCUT2D eigenvalue weighted by Crippen LogP contribution is 2.33. The molecular weight excluding hydrogens is 391 g/mol. The quantitative estimate of drug-likeness (QED) is 0.392. The fourth-order valence-corrected chi connectivity index (χ4v) is 3.13. The molecule has 1 atom stereocenters. The van der Waals surface area contributed by atoms with Crippen molar-refractivity contribution in [2.24, 2.45) is 10.4 Å².